The van der Waals surface area contributed by atoms with Crippen molar-refractivity contribution in [3.63, 3.8) is 0 Å². The molecule has 2 heterocycles. The molecule has 1 saturated heterocycles. The number of likely N-dealkylation sites (N-methyl/N-ethyl adjacent to an activating group) is 1. The zero-order valence-electron chi connectivity index (χ0n) is 13.9. The highest BCUT2D eigenvalue weighted by atomic mass is 32.2. The molecule has 0 spiro atoms. The minimum Gasteiger partial charge on any atom is -0.378 e. The number of amides is 1. The van der Waals surface area contributed by atoms with Gasteiger partial charge >= 0.3 is 0 Å². The molecule has 0 aliphatic carbocycles. The second-order valence-electron chi connectivity index (χ2n) is 6.24. The van der Waals surface area contributed by atoms with Crippen molar-refractivity contribution in [2.24, 2.45) is 4.99 Å². The van der Waals surface area contributed by atoms with Crippen LogP contribution in [0, 0.1) is 0 Å². The minimum absolute atomic E-state index is 0.118. The molecule has 23 heavy (non-hydrogen) atoms. The highest BCUT2D eigenvalue weighted by Gasteiger charge is 2.28. The van der Waals surface area contributed by atoms with Crippen LogP contribution in [-0.4, -0.2) is 63.3 Å². The fourth-order valence-electron chi connectivity index (χ4n) is 2.63. The molecule has 0 unspecified atom stereocenters. The summed E-state index contributed by atoms with van der Waals surface area (Å²) in [6.45, 7) is 4.13. The van der Waals surface area contributed by atoms with E-state index in [0.717, 1.165) is 42.6 Å². The molecule has 1 aromatic rings. The van der Waals surface area contributed by atoms with E-state index in [0.29, 0.717) is 4.91 Å². The molecule has 1 fully saturated rings. The predicted octanol–water partition coefficient (Wildman–Crippen LogP) is 0.553. The Bertz CT molecular complexity index is 643. The Kier molecular flexibility index (Phi) is 4.73. The first-order valence-corrected chi connectivity index (χ1v) is 8.71. The molecule has 0 radical (unpaired) electrons. The summed E-state index contributed by atoms with van der Waals surface area (Å²) in [6, 6.07) is 8.18. The third kappa shape index (κ3) is 3.76. The average molecular weight is 331 g/mol. The molecule has 0 aromatic heterocycles. The fraction of sp³-hybridized carbons (Fsp3) is 0.412. The van der Waals surface area contributed by atoms with Gasteiger partial charge in [0.15, 0.2) is 5.17 Å². The van der Waals surface area contributed by atoms with E-state index in [-0.39, 0.29) is 5.91 Å². The van der Waals surface area contributed by atoms with Gasteiger partial charge in [0, 0.05) is 19.8 Å². The molecule has 1 aromatic carbocycles. The summed E-state index contributed by atoms with van der Waals surface area (Å²) in [5, 5.41) is 0.860. The highest BCUT2D eigenvalue weighted by Crippen LogP contribution is 2.30. The highest BCUT2D eigenvalue weighted by molar-refractivity contribution is 8.18. The van der Waals surface area contributed by atoms with Gasteiger partial charge in [-0.25, -0.2) is 0 Å². The van der Waals surface area contributed by atoms with Gasteiger partial charge < -0.3 is 14.7 Å². The van der Waals surface area contributed by atoms with Crippen LogP contribution in [0.2, 0.25) is 0 Å². The Hall–Kier alpha value is -1.79. The zero-order chi connectivity index (χ0) is 16.4. The molecule has 0 bridgehead atoms. The number of aliphatic imine (C=N–C) groups is 1. The number of carbonyl (C=O) groups is 1. The van der Waals surface area contributed by atoms with Crippen LogP contribution in [-0.2, 0) is 4.79 Å². The van der Waals surface area contributed by atoms with Gasteiger partial charge in [-0.15, -0.1) is 0 Å². The first-order chi connectivity index (χ1) is 11.0. The van der Waals surface area contributed by atoms with E-state index in [1.807, 2.05) is 32.3 Å². The largest absolute Gasteiger partial charge is 0.378 e. The van der Waals surface area contributed by atoms with E-state index < -0.39 is 0 Å². The average Bonchev–Trinajstić information content (AvgIpc) is 2.89. The predicted molar refractivity (Wildman–Crippen MR) is 97.0 cm³/mol. The number of amidine groups is 1. The lowest BCUT2D eigenvalue weighted by atomic mass is 10.2. The van der Waals surface area contributed by atoms with Gasteiger partial charge in [-0.1, -0.05) is 12.1 Å². The van der Waals surface area contributed by atoms with E-state index in [2.05, 4.69) is 34.0 Å². The molecular weight excluding hydrogens is 308 g/mol. The van der Waals surface area contributed by atoms with Crippen molar-refractivity contribution < 1.29 is 9.69 Å². The van der Waals surface area contributed by atoms with Gasteiger partial charge in [-0.3, -0.25) is 4.79 Å². The van der Waals surface area contributed by atoms with Crippen LogP contribution in [0.3, 0.4) is 0 Å². The van der Waals surface area contributed by atoms with Crippen molar-refractivity contribution in [1.29, 1.82) is 0 Å². The smallest absolute Gasteiger partial charge is 0.286 e. The van der Waals surface area contributed by atoms with Crippen LogP contribution < -0.4 is 9.80 Å². The zero-order valence-corrected chi connectivity index (χ0v) is 14.7. The summed E-state index contributed by atoms with van der Waals surface area (Å²) in [7, 11) is 6.23. The number of anilines is 1. The number of thioether (sulfide) groups is 1. The molecule has 3 rings (SSSR count). The van der Waals surface area contributed by atoms with Crippen molar-refractivity contribution in [2.45, 2.75) is 0 Å². The standard InChI is InChI=1S/C17H22N4OS/c1-19(2)14-6-4-13(5-7-14)12-15-16(22)18-17(23-15)21-10-8-20(3)9-11-21/h4-7,12H,8-11H2,1-3H3/p+1/b15-12-. The SMILES string of the molecule is CN(C)c1ccc(/C=C2\SC(N3CC[NH+](C)CC3)=NC2=O)cc1. The maximum Gasteiger partial charge on any atom is 0.286 e. The van der Waals surface area contributed by atoms with Crippen molar-refractivity contribution in [3.05, 3.63) is 34.7 Å². The maximum atomic E-state index is 12.2. The van der Waals surface area contributed by atoms with Gasteiger partial charge in [0.2, 0.25) is 0 Å². The third-order valence-electron chi connectivity index (χ3n) is 4.20. The van der Waals surface area contributed by atoms with Gasteiger partial charge in [0.25, 0.3) is 5.91 Å². The number of hydrogen-bond donors (Lipinski definition) is 1. The third-order valence-corrected chi connectivity index (χ3v) is 5.25. The number of quaternary nitrogens is 1. The number of rotatable bonds is 2. The molecule has 2 aliphatic heterocycles. The first-order valence-electron chi connectivity index (χ1n) is 7.89. The first kappa shape index (κ1) is 16.1. The van der Waals surface area contributed by atoms with Crippen molar-refractivity contribution in [2.75, 3.05) is 52.2 Å². The Morgan fingerprint density at radius 2 is 1.87 bits per heavy atom. The summed E-state index contributed by atoms with van der Waals surface area (Å²) in [5.41, 5.74) is 2.18. The number of hydrogen-bond acceptors (Lipinski definition) is 4. The second kappa shape index (κ2) is 6.76. The van der Waals surface area contributed by atoms with Crippen molar-refractivity contribution in [3.8, 4) is 0 Å². The molecule has 122 valence electrons. The topological polar surface area (TPSA) is 40.4 Å². The van der Waals surface area contributed by atoms with Crippen LogP contribution >= 0.6 is 11.8 Å². The maximum absolute atomic E-state index is 12.2. The molecule has 0 atom stereocenters. The summed E-state index contributed by atoms with van der Waals surface area (Å²) < 4.78 is 0. The second-order valence-corrected chi connectivity index (χ2v) is 7.25. The molecular formula is C17H23N4OS+. The van der Waals surface area contributed by atoms with Crippen LogP contribution in [0.4, 0.5) is 5.69 Å². The van der Waals surface area contributed by atoms with E-state index in [1.54, 1.807) is 0 Å². The molecule has 1 amide bonds. The number of nitrogens with one attached hydrogen (secondary N) is 1. The van der Waals surface area contributed by atoms with Gasteiger partial charge in [-0.05, 0) is 35.5 Å². The number of benzene rings is 1. The van der Waals surface area contributed by atoms with E-state index in [1.165, 1.54) is 16.7 Å². The monoisotopic (exact) mass is 331 g/mol. The number of nitrogens with zero attached hydrogens (tertiary/aromatic N) is 3. The Morgan fingerprint density at radius 3 is 2.48 bits per heavy atom. The summed E-state index contributed by atoms with van der Waals surface area (Å²) in [5.74, 6) is -0.118. The van der Waals surface area contributed by atoms with Gasteiger partial charge in [-0.2, -0.15) is 4.99 Å². The summed E-state index contributed by atoms with van der Waals surface area (Å²) >= 11 is 1.50. The summed E-state index contributed by atoms with van der Waals surface area (Å²) in [4.78, 5) is 22.9. The molecule has 6 heteroatoms. The van der Waals surface area contributed by atoms with Crippen LogP contribution in [0.25, 0.3) is 6.08 Å². The number of carbonyl (C=O) groups excluding carboxylic acids is 1. The quantitative estimate of drug-likeness (QED) is 0.804. The van der Waals surface area contributed by atoms with Crippen molar-refractivity contribution in [1.82, 2.24) is 4.90 Å². The normalized spacial score (nSPS) is 21.0. The van der Waals surface area contributed by atoms with Crippen LogP contribution in [0.15, 0.2) is 34.2 Å². The van der Waals surface area contributed by atoms with Crippen LogP contribution in [0.5, 0.6) is 0 Å². The molecule has 1 N–H and O–H groups in total. The fourth-order valence-corrected chi connectivity index (χ4v) is 3.60. The molecule has 5 nitrogen and oxygen atoms in total. The van der Waals surface area contributed by atoms with E-state index in [4.69, 9.17) is 0 Å². The Balaban J connectivity index is 1.69. The van der Waals surface area contributed by atoms with E-state index >= 15 is 0 Å². The van der Waals surface area contributed by atoms with E-state index in [9.17, 15) is 4.79 Å². The lowest BCUT2D eigenvalue weighted by Gasteiger charge is -2.30. The summed E-state index contributed by atoms with van der Waals surface area (Å²) in [6.07, 6.45) is 1.93. The Labute approximate surface area is 141 Å². The molecule has 2 aliphatic rings. The lowest BCUT2D eigenvalue weighted by Crippen LogP contribution is -3.12. The van der Waals surface area contributed by atoms with Gasteiger partial charge in [0.1, 0.15) is 0 Å². The number of piperazine rings is 1. The molecule has 0 saturated carbocycles. The lowest BCUT2D eigenvalue weighted by molar-refractivity contribution is -0.883. The van der Waals surface area contributed by atoms with Crippen LogP contribution in [0.1, 0.15) is 5.56 Å². The van der Waals surface area contributed by atoms with Gasteiger partial charge in [0.05, 0.1) is 38.1 Å². The Morgan fingerprint density at radius 1 is 1.22 bits per heavy atom. The van der Waals surface area contributed by atoms with Crippen molar-refractivity contribution >= 4 is 34.6 Å². The minimum atomic E-state index is -0.118.